The molecule has 0 spiro atoms. The summed E-state index contributed by atoms with van der Waals surface area (Å²) in [5.41, 5.74) is 5.83. The van der Waals surface area contributed by atoms with Crippen LogP contribution in [0.1, 0.15) is 11.1 Å². The highest BCUT2D eigenvalue weighted by atomic mass is 16.5. The number of nitrogens with two attached hydrogens (primary N) is 1. The highest BCUT2D eigenvalue weighted by Gasteiger charge is 2.19. The summed E-state index contributed by atoms with van der Waals surface area (Å²) in [5, 5.41) is 0. The van der Waals surface area contributed by atoms with Crippen LogP contribution >= 0.6 is 0 Å². The normalized spacial score (nSPS) is 10.4. The van der Waals surface area contributed by atoms with E-state index >= 15 is 0 Å². The highest BCUT2D eigenvalue weighted by Crippen LogP contribution is 2.15. The highest BCUT2D eigenvalue weighted by molar-refractivity contribution is 5.58. The quantitative estimate of drug-likeness (QED) is 0.797. The first-order chi connectivity index (χ1) is 8.13. The van der Waals surface area contributed by atoms with Crippen LogP contribution in [0.4, 0.5) is 5.69 Å². The van der Waals surface area contributed by atoms with Crippen molar-refractivity contribution >= 4 is 11.8 Å². The van der Waals surface area contributed by atoms with Crippen molar-refractivity contribution < 1.29 is 4.74 Å². The third-order valence-electron chi connectivity index (χ3n) is 2.50. The van der Waals surface area contributed by atoms with Crippen LogP contribution in [0.3, 0.4) is 0 Å². The maximum absolute atomic E-state index is 11.1. The third-order valence-corrected chi connectivity index (χ3v) is 2.50. The van der Waals surface area contributed by atoms with Crippen LogP contribution in [-0.4, -0.2) is 0 Å². The molecule has 0 aliphatic heterocycles. The molecule has 4 nitrogen and oxygen atoms in total. The van der Waals surface area contributed by atoms with Gasteiger partial charge in [-0.1, -0.05) is 36.9 Å². The van der Waals surface area contributed by atoms with E-state index in [4.69, 9.17) is 10.5 Å². The Morgan fingerprint density at radius 1 is 1.18 bits per heavy atom. The number of hydrogen-bond acceptors (Lipinski definition) is 4. The van der Waals surface area contributed by atoms with Gasteiger partial charge in [-0.25, -0.2) is 0 Å². The molecule has 0 heterocycles. The molecule has 0 unspecified atom stereocenters. The lowest BCUT2D eigenvalue weighted by atomic mass is 10.1. The van der Waals surface area contributed by atoms with E-state index < -0.39 is 10.9 Å². The number of nitrogen functional groups attached to an aromatic ring is 1. The van der Waals surface area contributed by atoms with Crippen LogP contribution in [0.15, 0.2) is 40.4 Å². The summed E-state index contributed by atoms with van der Waals surface area (Å²) in [7, 11) is 0. The average Bonchev–Trinajstić information content (AvgIpc) is 2.39. The molecule has 2 aromatic rings. The Bertz CT molecular complexity index is 619. The molecular formula is C13H11NO3. The standard InChI is InChI=1S/C13H11NO3/c1-2-8-3-5-9(6-4-8)7-17-13-10(14)11(15)12(13)16/h2-6H,1,7,14H2. The molecule has 86 valence electrons. The van der Waals surface area contributed by atoms with Gasteiger partial charge >= 0.3 is 0 Å². The fourth-order valence-corrected chi connectivity index (χ4v) is 1.44. The molecule has 0 atom stereocenters. The van der Waals surface area contributed by atoms with Crippen LogP contribution in [0.5, 0.6) is 5.75 Å². The second-order valence-corrected chi connectivity index (χ2v) is 3.64. The molecule has 17 heavy (non-hydrogen) atoms. The fourth-order valence-electron chi connectivity index (χ4n) is 1.44. The number of ether oxygens (including phenoxy) is 1. The summed E-state index contributed by atoms with van der Waals surface area (Å²) < 4.78 is 5.19. The van der Waals surface area contributed by atoms with Crippen molar-refractivity contribution in [2.24, 2.45) is 0 Å². The Kier molecular flexibility index (Phi) is 2.78. The monoisotopic (exact) mass is 229 g/mol. The predicted octanol–water partition coefficient (Wildman–Crippen LogP) is 1.09. The van der Waals surface area contributed by atoms with Gasteiger partial charge in [0.25, 0.3) is 10.9 Å². The SMILES string of the molecule is C=Cc1ccc(COc2c(N)c(=O)c2=O)cc1. The van der Waals surface area contributed by atoms with Gasteiger partial charge in [0.1, 0.15) is 12.3 Å². The zero-order chi connectivity index (χ0) is 12.4. The van der Waals surface area contributed by atoms with Crippen molar-refractivity contribution in [1.29, 1.82) is 0 Å². The van der Waals surface area contributed by atoms with Gasteiger partial charge in [-0.15, -0.1) is 0 Å². The Hall–Kier alpha value is -2.36. The van der Waals surface area contributed by atoms with Gasteiger partial charge in [0, 0.05) is 0 Å². The summed E-state index contributed by atoms with van der Waals surface area (Å²) >= 11 is 0. The van der Waals surface area contributed by atoms with Gasteiger partial charge in [0.05, 0.1) is 0 Å². The van der Waals surface area contributed by atoms with Crippen LogP contribution in [0, 0.1) is 0 Å². The second-order valence-electron chi connectivity index (χ2n) is 3.64. The smallest absolute Gasteiger partial charge is 0.272 e. The van der Waals surface area contributed by atoms with Crippen molar-refractivity contribution in [3.8, 4) is 5.75 Å². The van der Waals surface area contributed by atoms with Crippen LogP contribution in [0.2, 0.25) is 0 Å². The van der Waals surface area contributed by atoms with E-state index in [1.165, 1.54) is 0 Å². The van der Waals surface area contributed by atoms with E-state index in [1.807, 2.05) is 24.3 Å². The van der Waals surface area contributed by atoms with Crippen molar-refractivity contribution in [3.05, 3.63) is 62.4 Å². The fraction of sp³-hybridized carbons (Fsp3) is 0.0769. The van der Waals surface area contributed by atoms with Gasteiger partial charge in [0.2, 0.25) is 0 Å². The van der Waals surface area contributed by atoms with Gasteiger partial charge in [-0.05, 0) is 11.1 Å². The van der Waals surface area contributed by atoms with E-state index in [1.54, 1.807) is 6.08 Å². The van der Waals surface area contributed by atoms with Crippen molar-refractivity contribution in [1.82, 2.24) is 0 Å². The summed E-state index contributed by atoms with van der Waals surface area (Å²) in [6.45, 7) is 3.86. The topological polar surface area (TPSA) is 69.4 Å². The largest absolute Gasteiger partial charge is 0.482 e. The molecule has 0 saturated carbocycles. The molecule has 0 bridgehead atoms. The first kappa shape index (κ1) is 11.1. The van der Waals surface area contributed by atoms with Crippen LogP contribution in [0.25, 0.3) is 6.08 Å². The Morgan fingerprint density at radius 2 is 1.82 bits per heavy atom. The summed E-state index contributed by atoms with van der Waals surface area (Å²) in [4.78, 5) is 21.9. The zero-order valence-electron chi connectivity index (χ0n) is 9.10. The van der Waals surface area contributed by atoms with Crippen molar-refractivity contribution in [2.75, 3.05) is 5.73 Å². The van der Waals surface area contributed by atoms with Crippen molar-refractivity contribution in [2.45, 2.75) is 6.61 Å². The van der Waals surface area contributed by atoms with Crippen LogP contribution < -0.4 is 21.3 Å². The molecule has 0 fully saturated rings. The Morgan fingerprint density at radius 3 is 2.35 bits per heavy atom. The second kappa shape index (κ2) is 4.25. The van der Waals surface area contributed by atoms with Gasteiger partial charge in [0.15, 0.2) is 5.75 Å². The number of rotatable bonds is 4. The minimum atomic E-state index is -0.665. The minimum absolute atomic E-state index is 0.0252. The molecule has 0 aliphatic rings. The lowest BCUT2D eigenvalue weighted by molar-refractivity contribution is 0.301. The molecule has 0 saturated heterocycles. The summed E-state index contributed by atoms with van der Waals surface area (Å²) in [6.07, 6.45) is 1.74. The zero-order valence-corrected chi connectivity index (χ0v) is 9.10. The molecule has 2 rings (SSSR count). The molecule has 2 aromatic carbocycles. The Labute approximate surface area is 97.6 Å². The summed E-state index contributed by atoms with van der Waals surface area (Å²) in [5.74, 6) is -0.0252. The minimum Gasteiger partial charge on any atom is -0.482 e. The number of hydrogen-bond donors (Lipinski definition) is 1. The number of anilines is 1. The maximum Gasteiger partial charge on any atom is 0.272 e. The first-order valence-electron chi connectivity index (χ1n) is 5.06. The molecule has 0 aromatic heterocycles. The predicted molar refractivity (Wildman–Crippen MR) is 66.6 cm³/mol. The van der Waals surface area contributed by atoms with Crippen molar-refractivity contribution in [3.63, 3.8) is 0 Å². The molecule has 4 heteroatoms. The first-order valence-corrected chi connectivity index (χ1v) is 5.06. The molecule has 0 amide bonds. The van der Waals surface area contributed by atoms with E-state index in [9.17, 15) is 9.59 Å². The van der Waals surface area contributed by atoms with E-state index in [-0.39, 0.29) is 18.0 Å². The number of benzene rings is 1. The van der Waals surface area contributed by atoms with E-state index in [0.29, 0.717) is 0 Å². The van der Waals surface area contributed by atoms with Gasteiger partial charge in [-0.3, -0.25) is 9.59 Å². The third kappa shape index (κ3) is 1.97. The Balaban J connectivity index is 2.06. The maximum atomic E-state index is 11.1. The molecular weight excluding hydrogens is 218 g/mol. The molecule has 2 N–H and O–H groups in total. The molecule has 0 radical (unpaired) electrons. The van der Waals surface area contributed by atoms with Crippen LogP contribution in [-0.2, 0) is 6.61 Å². The average molecular weight is 229 g/mol. The van der Waals surface area contributed by atoms with Gasteiger partial charge < -0.3 is 10.5 Å². The van der Waals surface area contributed by atoms with Gasteiger partial charge in [-0.2, -0.15) is 0 Å². The molecule has 0 aliphatic carbocycles. The summed E-state index contributed by atoms with van der Waals surface area (Å²) in [6, 6.07) is 7.49. The van der Waals surface area contributed by atoms with E-state index in [0.717, 1.165) is 11.1 Å². The lowest BCUT2D eigenvalue weighted by Crippen LogP contribution is -2.35. The van der Waals surface area contributed by atoms with E-state index in [2.05, 4.69) is 6.58 Å². The lowest BCUT2D eigenvalue weighted by Gasteiger charge is -2.09.